The number of rotatable bonds is 5. The van der Waals surface area contributed by atoms with Gasteiger partial charge in [-0.25, -0.2) is 0 Å². The fraction of sp³-hybridized carbons (Fsp3) is 0.406. The van der Waals surface area contributed by atoms with Gasteiger partial charge in [-0.15, -0.1) is 11.0 Å². The maximum atomic E-state index is 11.3. The van der Waals surface area contributed by atoms with Crippen molar-refractivity contribution < 1.29 is 95.0 Å². The largest absolute Gasteiger partial charge is 1.00 e. The fourth-order valence-corrected chi connectivity index (χ4v) is 3.99. The molecule has 15 heteroatoms. The Morgan fingerprint density at radius 1 is 1.06 bits per heavy atom. The monoisotopic (exact) mass is 678 g/mol. The molecule has 1 saturated heterocycles. The fourth-order valence-electron chi connectivity index (χ4n) is 3.99. The molecule has 3 aliphatic rings. The molecule has 0 spiro atoms. The predicted octanol–water partition coefficient (Wildman–Crippen LogP) is -1.43. The van der Waals surface area contributed by atoms with E-state index in [0.29, 0.717) is 43.6 Å². The van der Waals surface area contributed by atoms with Crippen molar-refractivity contribution in [2.24, 2.45) is 0 Å². The van der Waals surface area contributed by atoms with Crippen molar-refractivity contribution in [2.45, 2.75) is 66.2 Å². The Bertz CT molecular complexity index is 1230. The van der Waals surface area contributed by atoms with E-state index in [9.17, 15) is 19.4 Å². The van der Waals surface area contributed by atoms with Crippen molar-refractivity contribution in [3.05, 3.63) is 83.8 Å². The molecule has 0 saturated carbocycles. The van der Waals surface area contributed by atoms with Gasteiger partial charge in [-0.05, 0) is 68.5 Å². The predicted molar refractivity (Wildman–Crippen MR) is 178 cm³/mol. The minimum atomic E-state index is -0.894. The smallest absolute Gasteiger partial charge is 0.870 e. The third-order valence-electron chi connectivity index (χ3n) is 6.39. The van der Waals surface area contributed by atoms with Gasteiger partial charge in [-0.1, -0.05) is 19.9 Å². The Hall–Kier alpha value is -2.14. The minimum Gasteiger partial charge on any atom is -0.870 e. The van der Waals surface area contributed by atoms with Gasteiger partial charge < -0.3 is 45.2 Å². The molecule has 6 N–H and O–H groups in total. The first-order valence-electron chi connectivity index (χ1n) is 15.1. The molecule has 47 heavy (non-hydrogen) atoms. The second-order valence-corrected chi connectivity index (χ2v) is 9.76. The van der Waals surface area contributed by atoms with Crippen LogP contribution in [0.25, 0.3) is 0 Å². The molecular weight excluding hydrogens is 631 g/mol. The van der Waals surface area contributed by atoms with Crippen molar-refractivity contribution in [3.63, 3.8) is 0 Å². The van der Waals surface area contributed by atoms with Crippen LogP contribution in [0.3, 0.4) is 0 Å². The Morgan fingerprint density at radius 2 is 1.68 bits per heavy atom. The number of nitrogens with one attached hydrogen (secondary N) is 3. The van der Waals surface area contributed by atoms with Crippen LogP contribution in [0.1, 0.15) is 68.4 Å². The zero-order valence-corrected chi connectivity index (χ0v) is 31.4. The maximum absolute atomic E-state index is 11.3. The summed E-state index contributed by atoms with van der Waals surface area (Å²) in [6.07, 6.45) is 7.02. The van der Waals surface area contributed by atoms with E-state index < -0.39 is 14.2 Å². The third kappa shape index (κ3) is 19.4. The quantitative estimate of drug-likeness (QED) is 0.0927. The number of amides is 2. The van der Waals surface area contributed by atoms with E-state index in [1.165, 1.54) is 26.3 Å². The van der Waals surface area contributed by atoms with Crippen LogP contribution < -0.4 is 78.3 Å². The second kappa shape index (κ2) is 28.8. The number of benzene rings is 2. The number of Topliss-reactive ketones (excluding diaryl/α,β-unsaturated/α-hetero) is 1. The van der Waals surface area contributed by atoms with Gasteiger partial charge in [0.2, 0.25) is 6.41 Å². The van der Waals surface area contributed by atoms with Crippen LogP contribution in [0.4, 0.5) is 0 Å². The van der Waals surface area contributed by atoms with Crippen molar-refractivity contribution in [1.82, 2.24) is 16.0 Å². The Balaban J connectivity index is 0. The summed E-state index contributed by atoms with van der Waals surface area (Å²) >= 11 is 0. The number of hydrogen-bond acceptors (Lipinski definition) is 10. The summed E-state index contributed by atoms with van der Waals surface area (Å²) < 4.78 is 14.6. The van der Waals surface area contributed by atoms with Gasteiger partial charge >= 0.3 is 65.6 Å². The number of ketones is 1. The summed E-state index contributed by atoms with van der Waals surface area (Å²) in [7, 11) is -0.0512. The summed E-state index contributed by atoms with van der Waals surface area (Å²) in [6, 6.07) is 18.0. The molecule has 1 unspecified atom stereocenters. The number of carbonyl (C=O) groups excluding carboxylic acids is 3. The number of furan rings is 1. The third-order valence-corrected chi connectivity index (χ3v) is 6.39. The molecule has 1 aromatic heterocycles. The molecule has 1 atom stereocenters. The Labute approximate surface area is 321 Å². The number of carbonyl (C=O) groups is 3. The van der Waals surface area contributed by atoms with E-state index >= 15 is 0 Å². The summed E-state index contributed by atoms with van der Waals surface area (Å²) in [5.41, 5.74) is 4.07. The molecule has 252 valence electrons. The molecule has 6 rings (SSSR count). The van der Waals surface area contributed by atoms with Crippen molar-refractivity contribution in [1.29, 1.82) is 0 Å². The van der Waals surface area contributed by atoms with Crippen molar-refractivity contribution in [3.8, 4) is 0 Å². The molecule has 0 aliphatic carbocycles. The molecule has 0 bridgehead atoms. The van der Waals surface area contributed by atoms with E-state index in [2.05, 4.69) is 33.4 Å². The van der Waals surface area contributed by atoms with Crippen molar-refractivity contribution in [2.75, 3.05) is 20.1 Å². The van der Waals surface area contributed by atoms with Crippen LogP contribution >= 0.6 is 0 Å². The molecule has 3 aliphatic heterocycles. The molecule has 4 heterocycles. The minimum absolute atomic E-state index is 0. The van der Waals surface area contributed by atoms with Gasteiger partial charge in [0.05, 0.1) is 19.1 Å². The molecule has 12 nitrogen and oxygen atoms in total. The standard InChI is InChI=1S/C9H10BNO3.C7H6BO2.C5H9NO2.C5H11N.C4H4O.C2H6.K.H2O/c1-11-9(12)6-2-3-7-5-14-10(13)8(7)4-6;9-8-7-4-2-1-3-6(7)5-10-8;1-5(8)2-3-6-4-7;1-5-3-2-4-6-5;1-2-4-5-3-1;1-2;;/h2-4,13H,5H2,1H3,(H,11,12);1,3-4,9H,5H2;4H,2-3H2,1H3,(H,6,7);5-6H,2-4H2,1H3;1-4H;1-2H3;;1H2/q;-1;;;;;+1;/p-1. The van der Waals surface area contributed by atoms with E-state index in [-0.39, 0.29) is 68.6 Å². The first kappa shape index (κ1) is 47.0. The zero-order valence-electron chi connectivity index (χ0n) is 28.3. The molecule has 2 amide bonds. The van der Waals surface area contributed by atoms with Gasteiger partial charge in [-0.3, -0.25) is 14.4 Å². The van der Waals surface area contributed by atoms with E-state index in [0.717, 1.165) is 22.6 Å². The summed E-state index contributed by atoms with van der Waals surface area (Å²) in [4.78, 5) is 31.0. The van der Waals surface area contributed by atoms with Gasteiger partial charge in [0.15, 0.2) is 0 Å². The topological polar surface area (TPSA) is 189 Å². The Morgan fingerprint density at radius 3 is 2.13 bits per heavy atom. The maximum Gasteiger partial charge on any atom is 1.00 e. The van der Waals surface area contributed by atoms with Crippen LogP contribution in [0, 0.1) is 6.07 Å². The summed E-state index contributed by atoms with van der Waals surface area (Å²) in [5, 5.41) is 26.8. The average Bonchev–Trinajstić information content (AvgIpc) is 3.90. The normalized spacial score (nSPS) is 14.2. The first-order chi connectivity index (χ1) is 21.8. The van der Waals surface area contributed by atoms with Crippen LogP contribution in [-0.2, 0) is 32.1 Å². The zero-order chi connectivity index (χ0) is 33.5. The molecular formula is C32H47B2KN3O9-. The van der Waals surface area contributed by atoms with Crippen LogP contribution in [0.2, 0.25) is 0 Å². The molecule has 0 radical (unpaired) electrons. The van der Waals surface area contributed by atoms with Crippen LogP contribution in [0.5, 0.6) is 0 Å². The second-order valence-electron chi connectivity index (χ2n) is 9.76. The Kier molecular flexibility index (Phi) is 28.8. The average molecular weight is 678 g/mol. The van der Waals surface area contributed by atoms with Gasteiger partial charge in [0, 0.05) is 38.2 Å². The summed E-state index contributed by atoms with van der Waals surface area (Å²) in [6.45, 7) is 10.3. The van der Waals surface area contributed by atoms with Crippen LogP contribution in [0.15, 0.2) is 65.5 Å². The SMILES string of the molecule is CC.CC(=O)CCNC=O.CC1CCCN1.CNC(=O)c1ccc2c(c1)B(O)OC2.OB1OCc2cc[c-]cc21.[K+].[OH-].c1ccoc1. The van der Waals surface area contributed by atoms with Gasteiger partial charge in [0.25, 0.3) is 5.91 Å². The summed E-state index contributed by atoms with van der Waals surface area (Å²) in [5.74, 6) is -0.0637. The molecule has 1 fully saturated rings. The van der Waals surface area contributed by atoms with E-state index in [4.69, 9.17) is 14.3 Å². The van der Waals surface area contributed by atoms with E-state index in [1.54, 1.807) is 43.8 Å². The first-order valence-corrected chi connectivity index (χ1v) is 15.1. The molecule has 2 aromatic carbocycles. The number of fused-ring (bicyclic) bond motifs is 2. The number of hydrogen-bond donors (Lipinski definition) is 5. The van der Waals surface area contributed by atoms with Crippen LogP contribution in [-0.4, -0.2) is 74.0 Å². The van der Waals surface area contributed by atoms with Gasteiger partial charge in [0.1, 0.15) is 5.78 Å². The van der Waals surface area contributed by atoms with Crippen molar-refractivity contribution >= 4 is 43.3 Å². The molecule has 3 aromatic rings. The van der Waals surface area contributed by atoms with Gasteiger partial charge in [-0.2, -0.15) is 24.3 Å². The van der Waals surface area contributed by atoms with E-state index in [1.807, 2.05) is 38.1 Å².